The molecule has 0 N–H and O–H groups in total. The van der Waals surface area contributed by atoms with E-state index >= 15 is 0 Å². The number of hydrogen-bond acceptors (Lipinski definition) is 1. The molecule has 5 rings (SSSR count). The highest BCUT2D eigenvalue weighted by Crippen LogP contribution is 2.41. The van der Waals surface area contributed by atoms with Gasteiger partial charge < -0.3 is 4.42 Å². The maximum atomic E-state index is 8.95. The van der Waals surface area contributed by atoms with Crippen LogP contribution in [0, 0.1) is 27.6 Å². The predicted octanol–water partition coefficient (Wildman–Crippen LogP) is 6.98. The molecule has 0 aliphatic heterocycles. The average Bonchev–Trinajstić information content (AvgIpc) is 3.18. The molecular weight excluding hydrogens is 366 g/mol. The van der Waals surface area contributed by atoms with Crippen LogP contribution in [-0.4, -0.2) is 0 Å². The van der Waals surface area contributed by atoms with E-state index in [1.54, 1.807) is 14.0 Å². The van der Waals surface area contributed by atoms with E-state index in [-0.39, 0.29) is 17.8 Å². The lowest BCUT2D eigenvalue weighted by Gasteiger charge is -2.10. The van der Waals surface area contributed by atoms with Gasteiger partial charge in [-0.3, -0.25) is 0 Å². The van der Waals surface area contributed by atoms with Crippen LogP contribution < -0.4 is 4.57 Å². The van der Waals surface area contributed by atoms with Gasteiger partial charge in [-0.05, 0) is 55.9 Å². The zero-order valence-corrected chi connectivity index (χ0v) is 17.6. The molecule has 148 valence electrons. The van der Waals surface area contributed by atoms with Crippen LogP contribution in [-0.2, 0) is 7.05 Å². The SMILES string of the molecule is [2H]c1c(C)c(C([2H])([2H])[2H])c([2H])[n+](C)c1-c1c(C)c(C)cc2c1oc1c(-c3ccccc3)cccc12. The number of aryl methyl sites for hydroxylation is 1. The highest BCUT2D eigenvalue weighted by molar-refractivity contribution is 6.13. The van der Waals surface area contributed by atoms with Crippen LogP contribution in [0.4, 0.5) is 0 Å². The van der Waals surface area contributed by atoms with E-state index < -0.39 is 6.85 Å². The van der Waals surface area contributed by atoms with Crippen molar-refractivity contribution in [3.05, 3.63) is 89.1 Å². The van der Waals surface area contributed by atoms with Crippen molar-refractivity contribution in [2.45, 2.75) is 27.6 Å². The fraction of sp³-hybridized carbons (Fsp3) is 0.179. The Morgan fingerprint density at radius 1 is 0.867 bits per heavy atom. The van der Waals surface area contributed by atoms with Crippen molar-refractivity contribution in [3.63, 3.8) is 0 Å². The van der Waals surface area contributed by atoms with Crippen LogP contribution in [0.25, 0.3) is 44.3 Å². The van der Waals surface area contributed by atoms with E-state index in [2.05, 4.69) is 6.07 Å². The van der Waals surface area contributed by atoms with Crippen molar-refractivity contribution in [1.29, 1.82) is 0 Å². The van der Waals surface area contributed by atoms with Crippen LogP contribution in [0.5, 0.6) is 0 Å². The van der Waals surface area contributed by atoms with E-state index in [1.165, 1.54) is 4.57 Å². The number of para-hydroxylation sites is 1. The standard InChI is InChI=1S/C28H26NO/c1-17-15-25(29(5)16-19(17)3)26-20(4)18(2)14-24-23-13-9-12-22(27(23)30-28(24)26)21-10-7-6-8-11-21/h6-16H,1-5H3/q+1/i3D3,15D,16D. The predicted molar refractivity (Wildman–Crippen MR) is 125 cm³/mol. The Morgan fingerprint density at radius 3 is 2.43 bits per heavy atom. The molecule has 2 nitrogen and oxygen atoms in total. The molecule has 0 spiro atoms. The van der Waals surface area contributed by atoms with Crippen LogP contribution in [0.2, 0.25) is 0 Å². The second-order valence-electron chi connectivity index (χ2n) is 7.86. The second-order valence-corrected chi connectivity index (χ2v) is 7.86. The average molecular weight is 398 g/mol. The first kappa shape index (κ1) is 13.8. The van der Waals surface area contributed by atoms with Crippen molar-refractivity contribution in [1.82, 2.24) is 0 Å². The highest BCUT2D eigenvalue weighted by Gasteiger charge is 2.23. The minimum Gasteiger partial charge on any atom is -0.454 e. The maximum absolute atomic E-state index is 8.95. The lowest BCUT2D eigenvalue weighted by Crippen LogP contribution is -2.31. The van der Waals surface area contributed by atoms with Gasteiger partial charge in [-0.15, -0.1) is 0 Å². The summed E-state index contributed by atoms with van der Waals surface area (Å²) in [6.07, 6.45) is -0.122. The van der Waals surface area contributed by atoms with Gasteiger partial charge in [0.25, 0.3) is 0 Å². The minimum absolute atomic E-state index is 0.0911. The molecule has 5 aromatic rings. The van der Waals surface area contributed by atoms with Crippen LogP contribution >= 0.6 is 0 Å². The summed E-state index contributed by atoms with van der Waals surface area (Å²) in [5.41, 5.74) is 6.78. The van der Waals surface area contributed by atoms with Crippen LogP contribution in [0.15, 0.2) is 71.2 Å². The summed E-state index contributed by atoms with van der Waals surface area (Å²) in [6.45, 7) is 3.13. The molecule has 2 heteroatoms. The largest absolute Gasteiger partial charge is 0.454 e. The molecule has 0 radical (unpaired) electrons. The fourth-order valence-corrected chi connectivity index (χ4v) is 4.15. The molecule has 3 aromatic carbocycles. The molecule has 0 aliphatic rings. The minimum atomic E-state index is -2.48. The third kappa shape index (κ3) is 2.75. The summed E-state index contributed by atoms with van der Waals surface area (Å²) >= 11 is 0. The van der Waals surface area contributed by atoms with E-state index in [4.69, 9.17) is 11.3 Å². The van der Waals surface area contributed by atoms with E-state index in [1.807, 2.05) is 62.4 Å². The molecule has 0 saturated carbocycles. The summed E-state index contributed by atoms with van der Waals surface area (Å²) in [5, 5.41) is 1.90. The van der Waals surface area contributed by atoms with Gasteiger partial charge in [0.2, 0.25) is 5.69 Å². The smallest absolute Gasteiger partial charge is 0.216 e. The number of pyridine rings is 1. The van der Waals surface area contributed by atoms with E-state index in [0.29, 0.717) is 16.8 Å². The molecule has 0 amide bonds. The monoisotopic (exact) mass is 397 g/mol. The van der Waals surface area contributed by atoms with Crippen molar-refractivity contribution >= 4 is 21.9 Å². The Kier molecular flexibility index (Phi) is 3.14. The van der Waals surface area contributed by atoms with Gasteiger partial charge in [0, 0.05) is 32.1 Å². The number of rotatable bonds is 2. The summed E-state index contributed by atoms with van der Waals surface area (Å²) in [4.78, 5) is 0. The Hall–Kier alpha value is -3.39. The van der Waals surface area contributed by atoms with E-state index in [0.717, 1.165) is 44.2 Å². The number of nitrogens with zero attached hydrogens (tertiary/aromatic N) is 1. The van der Waals surface area contributed by atoms with Gasteiger partial charge >= 0.3 is 0 Å². The molecule has 0 fully saturated rings. The van der Waals surface area contributed by atoms with Crippen molar-refractivity contribution in [3.8, 4) is 22.4 Å². The Bertz CT molecular complexity index is 1600. The number of hydrogen-bond donors (Lipinski definition) is 0. The Balaban J connectivity index is 1.93. The first-order chi connectivity index (χ1) is 16.5. The Labute approximate surface area is 184 Å². The molecule has 2 aromatic heterocycles. The molecule has 30 heavy (non-hydrogen) atoms. The van der Waals surface area contributed by atoms with E-state index in [9.17, 15) is 0 Å². The van der Waals surface area contributed by atoms with Crippen LogP contribution in [0.1, 0.15) is 29.1 Å². The highest BCUT2D eigenvalue weighted by atomic mass is 16.3. The number of aromatic nitrogens is 1. The number of fused-ring (bicyclic) bond motifs is 3. The summed E-state index contributed by atoms with van der Waals surface area (Å²) < 4.78 is 49.4. The summed E-state index contributed by atoms with van der Waals surface area (Å²) in [6, 6.07) is 18.3. The first-order valence-corrected chi connectivity index (χ1v) is 10.0. The maximum Gasteiger partial charge on any atom is 0.216 e. The quantitative estimate of drug-likeness (QED) is 0.294. The molecule has 0 bridgehead atoms. The molecule has 0 atom stereocenters. The Morgan fingerprint density at radius 2 is 1.67 bits per heavy atom. The number of furan rings is 1. The molecule has 0 unspecified atom stereocenters. The topological polar surface area (TPSA) is 17.0 Å². The van der Waals surface area contributed by atoms with Crippen molar-refractivity contribution < 1.29 is 15.8 Å². The fourth-order valence-electron chi connectivity index (χ4n) is 4.15. The molecular formula is C28H26NO+. The third-order valence-electron chi connectivity index (χ3n) is 5.93. The zero-order valence-electron chi connectivity index (χ0n) is 22.6. The van der Waals surface area contributed by atoms with Crippen LogP contribution in [0.3, 0.4) is 0 Å². The molecule has 0 aliphatic carbocycles. The lowest BCUT2D eigenvalue weighted by molar-refractivity contribution is -0.660. The lowest BCUT2D eigenvalue weighted by atomic mass is 9.95. The third-order valence-corrected chi connectivity index (χ3v) is 5.93. The van der Waals surface area contributed by atoms with Crippen molar-refractivity contribution in [2.24, 2.45) is 7.05 Å². The summed E-state index contributed by atoms with van der Waals surface area (Å²) in [5.74, 6) is 0. The first-order valence-electron chi connectivity index (χ1n) is 12.5. The van der Waals surface area contributed by atoms with Gasteiger partial charge in [0.05, 0.1) is 6.93 Å². The molecule has 0 saturated heterocycles. The summed E-state index contributed by atoms with van der Waals surface area (Å²) in [7, 11) is 1.65. The van der Waals surface area contributed by atoms with Gasteiger partial charge in [-0.2, -0.15) is 0 Å². The normalized spacial score (nSPS) is 14.3. The second kappa shape index (κ2) is 6.84. The number of benzene rings is 3. The van der Waals surface area contributed by atoms with Gasteiger partial charge in [0.15, 0.2) is 6.17 Å². The van der Waals surface area contributed by atoms with Gasteiger partial charge in [-0.25, -0.2) is 4.57 Å². The zero-order chi connectivity index (χ0) is 25.2. The van der Waals surface area contributed by atoms with Gasteiger partial charge in [0.1, 0.15) is 19.6 Å². The van der Waals surface area contributed by atoms with Crippen molar-refractivity contribution in [2.75, 3.05) is 0 Å². The van der Waals surface area contributed by atoms with Gasteiger partial charge in [-0.1, -0.05) is 48.5 Å². The molecule has 2 heterocycles.